The van der Waals surface area contributed by atoms with Crippen LogP contribution in [0.4, 0.5) is 17.3 Å². The second-order valence-corrected chi connectivity index (χ2v) is 3.55. The molecule has 2 aromatic rings. The monoisotopic (exact) mass is 200 g/mol. The van der Waals surface area contributed by atoms with Gasteiger partial charge in [0.1, 0.15) is 0 Å². The molecule has 3 nitrogen and oxygen atoms in total. The van der Waals surface area contributed by atoms with Crippen LogP contribution in [0.1, 0.15) is 0 Å². The van der Waals surface area contributed by atoms with Crippen LogP contribution in [0.3, 0.4) is 0 Å². The third kappa shape index (κ3) is 1.36. The van der Waals surface area contributed by atoms with E-state index in [1.54, 1.807) is 6.26 Å². The summed E-state index contributed by atoms with van der Waals surface area (Å²) in [6.07, 6.45) is 1.71. The molecule has 0 spiro atoms. The second-order valence-electron chi connectivity index (χ2n) is 3.55. The molecule has 0 saturated heterocycles. The Bertz CT molecular complexity index is 450. The molecule has 1 aromatic carbocycles. The number of hydrogen-bond acceptors (Lipinski definition) is 3. The topological polar surface area (TPSA) is 28.4 Å². The Kier molecular flexibility index (Phi) is 1.88. The molecule has 0 unspecified atom stereocenters. The maximum Gasteiger partial charge on any atom is 0.199 e. The number of benzene rings is 1. The number of anilines is 3. The van der Waals surface area contributed by atoms with Crippen LogP contribution in [-0.4, -0.2) is 13.1 Å². The lowest BCUT2D eigenvalue weighted by molar-refractivity contribution is 0.562. The summed E-state index contributed by atoms with van der Waals surface area (Å²) >= 11 is 0. The first-order valence-electron chi connectivity index (χ1n) is 5.09. The maximum atomic E-state index is 5.43. The maximum absolute atomic E-state index is 5.43. The summed E-state index contributed by atoms with van der Waals surface area (Å²) < 4.78 is 5.43. The standard InChI is InChI=1S/C12H12N2O/c1-2-5-11-10(4-1)13-7-8-14(11)12-6-3-9-15-12/h1-6,9,13H,7-8H2. The Morgan fingerprint density at radius 2 is 2.07 bits per heavy atom. The van der Waals surface area contributed by atoms with Crippen LogP contribution >= 0.6 is 0 Å². The van der Waals surface area contributed by atoms with Crippen LogP contribution in [0.15, 0.2) is 47.1 Å². The van der Waals surface area contributed by atoms with Crippen molar-refractivity contribution < 1.29 is 4.42 Å². The van der Waals surface area contributed by atoms with Gasteiger partial charge in [-0.1, -0.05) is 12.1 Å². The zero-order valence-corrected chi connectivity index (χ0v) is 8.31. The summed E-state index contributed by atoms with van der Waals surface area (Å²) in [6.45, 7) is 1.88. The Hall–Kier alpha value is -1.90. The molecule has 1 aliphatic rings. The molecular formula is C12H12N2O. The molecule has 0 aliphatic carbocycles. The van der Waals surface area contributed by atoms with E-state index in [2.05, 4.69) is 22.3 Å². The van der Waals surface area contributed by atoms with Gasteiger partial charge < -0.3 is 14.6 Å². The minimum Gasteiger partial charge on any atom is -0.448 e. The number of nitrogens with zero attached hydrogens (tertiary/aromatic N) is 1. The van der Waals surface area contributed by atoms with Gasteiger partial charge in [0.2, 0.25) is 0 Å². The van der Waals surface area contributed by atoms with Gasteiger partial charge in [-0.15, -0.1) is 0 Å². The van der Waals surface area contributed by atoms with Crippen LogP contribution in [-0.2, 0) is 0 Å². The first kappa shape index (κ1) is 8.41. The molecule has 3 rings (SSSR count). The van der Waals surface area contributed by atoms with E-state index in [1.807, 2.05) is 24.3 Å². The van der Waals surface area contributed by atoms with Gasteiger partial charge in [-0.25, -0.2) is 0 Å². The summed E-state index contributed by atoms with van der Waals surface area (Å²) in [6, 6.07) is 12.2. The molecule has 0 atom stereocenters. The minimum atomic E-state index is 0.906. The zero-order chi connectivity index (χ0) is 10.1. The highest BCUT2D eigenvalue weighted by Gasteiger charge is 2.18. The predicted octanol–water partition coefficient (Wildman–Crippen LogP) is 2.84. The Balaban J connectivity index is 2.06. The number of fused-ring (bicyclic) bond motifs is 1. The number of rotatable bonds is 1. The van der Waals surface area contributed by atoms with Gasteiger partial charge in [-0.2, -0.15) is 0 Å². The molecule has 0 saturated carbocycles. The summed E-state index contributed by atoms with van der Waals surface area (Å²) in [5.41, 5.74) is 2.35. The van der Waals surface area contributed by atoms with E-state index in [-0.39, 0.29) is 0 Å². The van der Waals surface area contributed by atoms with Gasteiger partial charge in [0.25, 0.3) is 0 Å². The van der Waals surface area contributed by atoms with E-state index in [0.717, 1.165) is 19.0 Å². The molecular weight excluding hydrogens is 188 g/mol. The number of hydrogen-bond donors (Lipinski definition) is 1. The Morgan fingerprint density at radius 1 is 1.13 bits per heavy atom. The second kappa shape index (κ2) is 3.35. The molecule has 3 heteroatoms. The molecule has 0 amide bonds. The van der Waals surface area contributed by atoms with Crippen molar-refractivity contribution in [1.82, 2.24) is 0 Å². The van der Waals surface area contributed by atoms with Crippen LogP contribution in [0.25, 0.3) is 0 Å². The lowest BCUT2D eigenvalue weighted by Gasteiger charge is -2.29. The highest BCUT2D eigenvalue weighted by molar-refractivity contribution is 5.76. The molecule has 76 valence electrons. The predicted molar refractivity (Wildman–Crippen MR) is 60.6 cm³/mol. The van der Waals surface area contributed by atoms with Crippen LogP contribution < -0.4 is 10.2 Å². The summed E-state index contributed by atoms with van der Waals surface area (Å²) in [4.78, 5) is 2.19. The van der Waals surface area contributed by atoms with Crippen LogP contribution in [0.5, 0.6) is 0 Å². The number of nitrogens with one attached hydrogen (secondary N) is 1. The molecule has 1 aliphatic heterocycles. The van der Waals surface area contributed by atoms with Gasteiger partial charge in [-0.3, -0.25) is 0 Å². The first-order valence-corrected chi connectivity index (χ1v) is 5.09. The van der Waals surface area contributed by atoms with E-state index in [4.69, 9.17) is 4.42 Å². The summed E-state index contributed by atoms with van der Waals surface area (Å²) in [7, 11) is 0. The Labute approximate surface area is 88.3 Å². The SMILES string of the molecule is c1coc(N2CCNc3ccccc32)c1. The average Bonchev–Trinajstić information content (AvgIpc) is 2.82. The van der Waals surface area contributed by atoms with Crippen molar-refractivity contribution in [2.45, 2.75) is 0 Å². The molecule has 2 heterocycles. The average molecular weight is 200 g/mol. The van der Waals surface area contributed by atoms with Crippen molar-refractivity contribution in [3.05, 3.63) is 42.7 Å². The molecule has 0 radical (unpaired) electrons. The molecule has 1 aromatic heterocycles. The van der Waals surface area contributed by atoms with Crippen molar-refractivity contribution in [3.63, 3.8) is 0 Å². The van der Waals surface area contributed by atoms with Gasteiger partial charge in [-0.05, 0) is 18.2 Å². The van der Waals surface area contributed by atoms with Gasteiger partial charge in [0, 0.05) is 19.2 Å². The number of para-hydroxylation sites is 2. The lowest BCUT2D eigenvalue weighted by Crippen LogP contribution is -2.29. The zero-order valence-electron chi connectivity index (χ0n) is 8.31. The van der Waals surface area contributed by atoms with E-state index in [0.29, 0.717) is 0 Å². The third-order valence-electron chi connectivity index (χ3n) is 2.62. The third-order valence-corrected chi connectivity index (χ3v) is 2.62. The summed E-state index contributed by atoms with van der Waals surface area (Å²) in [5.74, 6) is 0.906. The highest BCUT2D eigenvalue weighted by atomic mass is 16.3. The fourth-order valence-corrected chi connectivity index (χ4v) is 1.93. The number of furan rings is 1. The smallest absolute Gasteiger partial charge is 0.199 e. The Morgan fingerprint density at radius 3 is 2.93 bits per heavy atom. The highest BCUT2D eigenvalue weighted by Crippen LogP contribution is 2.34. The van der Waals surface area contributed by atoms with Crippen LogP contribution in [0, 0.1) is 0 Å². The fourth-order valence-electron chi connectivity index (χ4n) is 1.93. The van der Waals surface area contributed by atoms with Crippen molar-refractivity contribution in [1.29, 1.82) is 0 Å². The first-order chi connectivity index (χ1) is 7.45. The van der Waals surface area contributed by atoms with Gasteiger partial charge in [0.05, 0.1) is 17.6 Å². The fraction of sp³-hybridized carbons (Fsp3) is 0.167. The molecule has 15 heavy (non-hydrogen) atoms. The molecule has 0 bridgehead atoms. The van der Waals surface area contributed by atoms with Gasteiger partial charge >= 0.3 is 0 Å². The van der Waals surface area contributed by atoms with E-state index < -0.39 is 0 Å². The van der Waals surface area contributed by atoms with E-state index in [9.17, 15) is 0 Å². The van der Waals surface area contributed by atoms with Gasteiger partial charge in [0.15, 0.2) is 5.88 Å². The van der Waals surface area contributed by atoms with Crippen molar-refractivity contribution >= 4 is 17.3 Å². The minimum absolute atomic E-state index is 0.906. The van der Waals surface area contributed by atoms with Crippen molar-refractivity contribution in [3.8, 4) is 0 Å². The van der Waals surface area contributed by atoms with E-state index >= 15 is 0 Å². The van der Waals surface area contributed by atoms with Crippen LogP contribution in [0.2, 0.25) is 0 Å². The van der Waals surface area contributed by atoms with E-state index in [1.165, 1.54) is 11.4 Å². The molecule has 1 N–H and O–H groups in total. The largest absolute Gasteiger partial charge is 0.448 e. The molecule has 0 fully saturated rings. The quantitative estimate of drug-likeness (QED) is 0.767. The lowest BCUT2D eigenvalue weighted by atomic mass is 10.2. The normalized spacial score (nSPS) is 14.5. The van der Waals surface area contributed by atoms with Crippen molar-refractivity contribution in [2.75, 3.05) is 23.3 Å². The summed E-state index contributed by atoms with van der Waals surface area (Å²) in [5, 5.41) is 3.37. The van der Waals surface area contributed by atoms with Crippen molar-refractivity contribution in [2.24, 2.45) is 0 Å².